The summed E-state index contributed by atoms with van der Waals surface area (Å²) in [7, 11) is -3.44. The largest absolute Gasteiger partial charge is 0.487 e. The highest BCUT2D eigenvalue weighted by Crippen LogP contribution is 2.39. The quantitative estimate of drug-likeness (QED) is 0.692. The third kappa shape index (κ3) is 5.79. The van der Waals surface area contributed by atoms with E-state index in [1.54, 1.807) is 6.07 Å². The fraction of sp³-hybridized carbons (Fsp3) is 0.458. The number of aryl methyl sites for hydroxylation is 2. The molecule has 0 aromatic heterocycles. The van der Waals surface area contributed by atoms with Crippen LogP contribution >= 0.6 is 0 Å². The van der Waals surface area contributed by atoms with Crippen LogP contribution < -0.4 is 14.4 Å². The van der Waals surface area contributed by atoms with Crippen molar-refractivity contribution < 1.29 is 17.9 Å². The first-order valence-corrected chi connectivity index (χ1v) is 12.4. The molecule has 1 aliphatic rings. The van der Waals surface area contributed by atoms with Crippen LogP contribution in [0.25, 0.3) is 0 Å². The van der Waals surface area contributed by atoms with E-state index in [0.29, 0.717) is 18.5 Å². The molecular formula is C24H32N2O4S. The van der Waals surface area contributed by atoms with Crippen molar-refractivity contribution in [2.45, 2.75) is 58.6 Å². The van der Waals surface area contributed by atoms with Gasteiger partial charge in [0.1, 0.15) is 11.4 Å². The van der Waals surface area contributed by atoms with Crippen molar-refractivity contribution in [1.29, 1.82) is 0 Å². The highest BCUT2D eigenvalue weighted by molar-refractivity contribution is 7.92. The van der Waals surface area contributed by atoms with Crippen LogP contribution in [0.5, 0.6) is 5.75 Å². The van der Waals surface area contributed by atoms with Crippen molar-refractivity contribution in [2.75, 3.05) is 17.1 Å². The Balaban J connectivity index is 1.66. The van der Waals surface area contributed by atoms with E-state index >= 15 is 0 Å². The number of carbonyl (C=O) groups is 1. The monoisotopic (exact) mass is 444 g/mol. The fourth-order valence-corrected chi connectivity index (χ4v) is 5.08. The first-order valence-electron chi connectivity index (χ1n) is 10.6. The Morgan fingerprint density at radius 2 is 1.90 bits per heavy atom. The van der Waals surface area contributed by atoms with Crippen molar-refractivity contribution in [3.8, 4) is 5.75 Å². The van der Waals surface area contributed by atoms with E-state index in [1.807, 2.05) is 58.0 Å². The van der Waals surface area contributed by atoms with E-state index in [-0.39, 0.29) is 30.5 Å². The van der Waals surface area contributed by atoms with Crippen LogP contribution in [0.3, 0.4) is 0 Å². The SMILES string of the molecule is Cc1ccc2c(c1)[C@H](NC(=O)CCCN(c1ccccc1C)S(C)(=O)=O)CC(C)(C)O2. The second-order valence-corrected chi connectivity index (χ2v) is 10.9. The molecule has 0 unspecified atom stereocenters. The Hall–Kier alpha value is -2.54. The van der Waals surface area contributed by atoms with Gasteiger partial charge in [0, 0.05) is 24.9 Å². The van der Waals surface area contributed by atoms with E-state index in [9.17, 15) is 13.2 Å². The van der Waals surface area contributed by atoms with E-state index in [1.165, 1.54) is 10.6 Å². The summed E-state index contributed by atoms with van der Waals surface area (Å²) in [5.74, 6) is 0.711. The van der Waals surface area contributed by atoms with Crippen molar-refractivity contribution in [3.63, 3.8) is 0 Å². The fourth-order valence-electron chi connectivity index (χ4n) is 4.06. The van der Waals surface area contributed by atoms with Crippen molar-refractivity contribution >= 4 is 21.6 Å². The highest BCUT2D eigenvalue weighted by atomic mass is 32.2. The van der Waals surface area contributed by atoms with Gasteiger partial charge in [-0.3, -0.25) is 9.10 Å². The summed E-state index contributed by atoms with van der Waals surface area (Å²) < 4.78 is 32.1. The molecule has 0 fully saturated rings. The molecule has 31 heavy (non-hydrogen) atoms. The molecule has 0 saturated heterocycles. The van der Waals surface area contributed by atoms with Gasteiger partial charge >= 0.3 is 0 Å². The van der Waals surface area contributed by atoms with E-state index < -0.39 is 10.0 Å². The zero-order chi connectivity index (χ0) is 22.8. The Morgan fingerprint density at radius 3 is 2.58 bits per heavy atom. The standard InChI is InChI=1S/C24H32N2O4S/c1-17-12-13-22-19(15-17)20(16-24(3,4)30-22)25-23(27)11-8-14-26(31(5,28)29)21-10-7-6-9-18(21)2/h6-7,9-10,12-13,15,20H,8,11,14,16H2,1-5H3,(H,25,27)/t20-/m1/s1. The lowest BCUT2D eigenvalue weighted by Gasteiger charge is -2.38. The topological polar surface area (TPSA) is 75.7 Å². The number of anilines is 1. The van der Waals surface area contributed by atoms with Gasteiger partial charge < -0.3 is 10.1 Å². The maximum Gasteiger partial charge on any atom is 0.232 e. The molecule has 0 spiro atoms. The number of carbonyl (C=O) groups excluding carboxylic acids is 1. The maximum absolute atomic E-state index is 12.7. The van der Waals surface area contributed by atoms with Crippen molar-refractivity contribution in [3.05, 3.63) is 59.2 Å². The minimum Gasteiger partial charge on any atom is -0.487 e. The molecule has 168 valence electrons. The Labute approximate surface area is 185 Å². The van der Waals surface area contributed by atoms with Gasteiger partial charge in [-0.25, -0.2) is 8.42 Å². The molecule has 1 amide bonds. The summed E-state index contributed by atoms with van der Waals surface area (Å²) in [6, 6.07) is 13.3. The zero-order valence-electron chi connectivity index (χ0n) is 18.9. The lowest BCUT2D eigenvalue weighted by Crippen LogP contribution is -2.41. The van der Waals surface area contributed by atoms with Crippen LogP contribution in [0, 0.1) is 13.8 Å². The number of hydrogen-bond donors (Lipinski definition) is 1. The Kier molecular flexibility index (Phi) is 6.65. The minimum absolute atomic E-state index is 0.0895. The number of rotatable bonds is 7. The minimum atomic E-state index is -3.44. The molecule has 0 radical (unpaired) electrons. The molecule has 0 bridgehead atoms. The number of benzene rings is 2. The molecule has 6 nitrogen and oxygen atoms in total. The molecule has 3 rings (SSSR count). The van der Waals surface area contributed by atoms with Gasteiger partial charge in [-0.1, -0.05) is 35.9 Å². The molecular weight excluding hydrogens is 412 g/mol. The Morgan fingerprint density at radius 1 is 1.19 bits per heavy atom. The number of ether oxygens (including phenoxy) is 1. The van der Waals surface area contributed by atoms with E-state index in [2.05, 4.69) is 11.4 Å². The molecule has 2 aromatic rings. The average Bonchev–Trinajstić information content (AvgIpc) is 2.65. The second kappa shape index (κ2) is 8.91. The summed E-state index contributed by atoms with van der Waals surface area (Å²) in [6.07, 6.45) is 2.55. The number of nitrogens with one attached hydrogen (secondary N) is 1. The van der Waals surface area contributed by atoms with Crippen molar-refractivity contribution in [1.82, 2.24) is 5.32 Å². The normalized spacial score (nSPS) is 17.4. The summed E-state index contributed by atoms with van der Waals surface area (Å²) in [5.41, 5.74) is 3.27. The van der Waals surface area contributed by atoms with Gasteiger partial charge in [-0.2, -0.15) is 0 Å². The summed E-state index contributed by atoms with van der Waals surface area (Å²) in [5, 5.41) is 3.13. The van der Waals surface area contributed by atoms with Crippen LogP contribution in [0.4, 0.5) is 5.69 Å². The van der Waals surface area contributed by atoms with Crippen LogP contribution in [-0.2, 0) is 14.8 Å². The number of nitrogens with zero attached hydrogens (tertiary/aromatic N) is 1. The van der Waals surface area contributed by atoms with Gasteiger partial charge in [0.15, 0.2) is 0 Å². The molecule has 1 atom stereocenters. The van der Waals surface area contributed by atoms with Crippen molar-refractivity contribution in [2.24, 2.45) is 0 Å². The number of hydrogen-bond acceptors (Lipinski definition) is 4. The predicted molar refractivity (Wildman–Crippen MR) is 124 cm³/mol. The van der Waals surface area contributed by atoms with Gasteiger partial charge in [0.25, 0.3) is 0 Å². The maximum atomic E-state index is 12.7. The van der Waals surface area contributed by atoms with Gasteiger partial charge in [0.05, 0.1) is 18.0 Å². The molecule has 1 aliphatic heterocycles. The van der Waals surface area contributed by atoms with Gasteiger partial charge in [0.2, 0.25) is 15.9 Å². The number of fused-ring (bicyclic) bond motifs is 1. The molecule has 1 heterocycles. The van der Waals surface area contributed by atoms with Crippen LogP contribution in [0.1, 0.15) is 55.8 Å². The smallest absolute Gasteiger partial charge is 0.232 e. The molecule has 0 saturated carbocycles. The van der Waals surface area contributed by atoms with Crippen LogP contribution in [-0.4, -0.2) is 32.7 Å². The van der Waals surface area contributed by atoms with Gasteiger partial charge in [-0.15, -0.1) is 0 Å². The summed E-state index contributed by atoms with van der Waals surface area (Å²) in [6.45, 7) is 8.19. The Bertz CT molecular complexity index is 1060. The van der Waals surface area contributed by atoms with E-state index in [4.69, 9.17) is 4.74 Å². The van der Waals surface area contributed by atoms with Crippen LogP contribution in [0.15, 0.2) is 42.5 Å². The molecule has 7 heteroatoms. The average molecular weight is 445 g/mol. The summed E-state index contributed by atoms with van der Waals surface area (Å²) in [4.78, 5) is 12.7. The second-order valence-electron chi connectivity index (χ2n) is 8.95. The number of sulfonamides is 1. The highest BCUT2D eigenvalue weighted by Gasteiger charge is 2.34. The van der Waals surface area contributed by atoms with E-state index in [0.717, 1.165) is 22.4 Å². The molecule has 0 aliphatic carbocycles. The third-order valence-corrected chi connectivity index (χ3v) is 6.69. The van der Waals surface area contributed by atoms with Crippen LogP contribution in [0.2, 0.25) is 0 Å². The third-order valence-electron chi connectivity index (χ3n) is 5.51. The number of para-hydroxylation sites is 1. The molecule has 1 N–H and O–H groups in total. The first kappa shape index (κ1) is 23.1. The lowest BCUT2D eigenvalue weighted by molar-refractivity contribution is -0.122. The van der Waals surface area contributed by atoms with Gasteiger partial charge in [-0.05, 0) is 51.8 Å². The lowest BCUT2D eigenvalue weighted by atomic mass is 9.89. The summed E-state index contributed by atoms with van der Waals surface area (Å²) >= 11 is 0. The molecule has 2 aromatic carbocycles. The predicted octanol–water partition coefficient (Wildman–Crippen LogP) is 4.27. The first-order chi connectivity index (χ1) is 14.5. The zero-order valence-corrected chi connectivity index (χ0v) is 19.8. The number of amides is 1.